The van der Waals surface area contributed by atoms with Crippen molar-refractivity contribution in [3.63, 3.8) is 0 Å². The Morgan fingerprint density at radius 1 is 1.41 bits per heavy atom. The van der Waals surface area contributed by atoms with Crippen LogP contribution >= 0.6 is 0 Å². The summed E-state index contributed by atoms with van der Waals surface area (Å²) in [6.07, 6.45) is 2.44. The zero-order valence-corrected chi connectivity index (χ0v) is 10.4. The molecule has 1 aliphatic rings. The van der Waals surface area contributed by atoms with E-state index in [-0.39, 0.29) is 23.5 Å². The number of primary amides is 1. The van der Waals surface area contributed by atoms with Gasteiger partial charge in [-0.05, 0) is 18.8 Å². The van der Waals surface area contributed by atoms with E-state index >= 15 is 0 Å². The Morgan fingerprint density at radius 2 is 2.06 bits per heavy atom. The predicted octanol–water partition coefficient (Wildman–Crippen LogP) is 0.372. The van der Waals surface area contributed by atoms with Gasteiger partial charge in [0.05, 0.1) is 0 Å². The lowest BCUT2D eigenvalue weighted by molar-refractivity contribution is -0.132. The third kappa shape index (κ3) is 3.84. The number of hydrogen-bond acceptors (Lipinski definition) is 3. The number of rotatable bonds is 4. The number of nitrogens with one attached hydrogen (secondary N) is 1. The molecule has 0 saturated heterocycles. The molecule has 3 N–H and O–H groups in total. The van der Waals surface area contributed by atoms with Crippen molar-refractivity contribution in [2.75, 3.05) is 0 Å². The van der Waals surface area contributed by atoms with Crippen LogP contribution in [0.1, 0.15) is 39.5 Å². The molecule has 1 aliphatic carbocycles. The lowest BCUT2D eigenvalue weighted by atomic mass is 9.82. The number of ketones is 1. The fourth-order valence-corrected chi connectivity index (χ4v) is 2.08. The van der Waals surface area contributed by atoms with Crippen molar-refractivity contribution in [2.24, 2.45) is 17.6 Å². The van der Waals surface area contributed by atoms with Gasteiger partial charge in [0.15, 0.2) is 0 Å². The molecule has 0 aromatic carbocycles. The molecule has 1 saturated carbocycles. The highest BCUT2D eigenvalue weighted by atomic mass is 16.2. The molecule has 17 heavy (non-hydrogen) atoms. The van der Waals surface area contributed by atoms with E-state index in [1.807, 2.05) is 0 Å². The molecule has 0 spiro atoms. The first-order valence-corrected chi connectivity index (χ1v) is 6.03. The van der Waals surface area contributed by atoms with Gasteiger partial charge in [-0.3, -0.25) is 14.4 Å². The van der Waals surface area contributed by atoms with Crippen LogP contribution in [0.25, 0.3) is 0 Å². The molecule has 5 nitrogen and oxygen atoms in total. The van der Waals surface area contributed by atoms with Crippen molar-refractivity contribution in [3.05, 3.63) is 0 Å². The third-order valence-corrected chi connectivity index (χ3v) is 3.12. The fourth-order valence-electron chi connectivity index (χ4n) is 2.08. The molecular formula is C12H20N2O3. The van der Waals surface area contributed by atoms with E-state index in [1.165, 1.54) is 0 Å². The largest absolute Gasteiger partial charge is 0.368 e. The molecule has 0 unspecified atom stereocenters. The van der Waals surface area contributed by atoms with E-state index < -0.39 is 11.9 Å². The maximum atomic E-state index is 11.6. The van der Waals surface area contributed by atoms with Crippen molar-refractivity contribution >= 4 is 17.6 Å². The van der Waals surface area contributed by atoms with Crippen LogP contribution < -0.4 is 11.1 Å². The number of nitrogens with two attached hydrogens (primary N) is 1. The average Bonchev–Trinajstić information content (AvgIpc) is 2.24. The summed E-state index contributed by atoms with van der Waals surface area (Å²) in [5.41, 5.74) is 5.30. The summed E-state index contributed by atoms with van der Waals surface area (Å²) in [7, 11) is 0. The first kappa shape index (κ1) is 13.7. The zero-order valence-electron chi connectivity index (χ0n) is 10.4. The van der Waals surface area contributed by atoms with Gasteiger partial charge in [-0.2, -0.15) is 0 Å². The van der Waals surface area contributed by atoms with E-state index in [4.69, 9.17) is 5.73 Å². The van der Waals surface area contributed by atoms with Crippen molar-refractivity contribution in [3.8, 4) is 0 Å². The van der Waals surface area contributed by atoms with Gasteiger partial charge >= 0.3 is 0 Å². The monoisotopic (exact) mass is 240 g/mol. The molecule has 0 radical (unpaired) electrons. The minimum absolute atomic E-state index is 0.142. The minimum atomic E-state index is -0.714. The Morgan fingerprint density at radius 3 is 2.53 bits per heavy atom. The second kappa shape index (κ2) is 5.80. The maximum Gasteiger partial charge on any atom is 0.240 e. The van der Waals surface area contributed by atoms with Crippen molar-refractivity contribution in [1.29, 1.82) is 0 Å². The molecule has 0 bridgehead atoms. The molecule has 5 heteroatoms. The molecule has 0 heterocycles. The summed E-state index contributed by atoms with van der Waals surface area (Å²) >= 11 is 0. The smallest absolute Gasteiger partial charge is 0.240 e. The Hall–Kier alpha value is -1.39. The lowest BCUT2D eigenvalue weighted by Gasteiger charge is -2.28. The summed E-state index contributed by atoms with van der Waals surface area (Å²) < 4.78 is 0. The molecule has 2 amide bonds. The molecule has 1 fully saturated rings. The number of amides is 2. The van der Waals surface area contributed by atoms with Crippen LogP contribution in [0.4, 0.5) is 0 Å². The molecular weight excluding hydrogens is 220 g/mol. The lowest BCUT2D eigenvalue weighted by Crippen LogP contribution is -2.51. The highest BCUT2D eigenvalue weighted by molar-refractivity contribution is 5.88. The Kier molecular flexibility index (Phi) is 4.66. The summed E-state index contributed by atoms with van der Waals surface area (Å²) in [5.74, 6) is -0.954. The second-order valence-electron chi connectivity index (χ2n) is 4.94. The van der Waals surface area contributed by atoms with Gasteiger partial charge in [0.25, 0.3) is 0 Å². The van der Waals surface area contributed by atoms with Gasteiger partial charge in [-0.1, -0.05) is 13.8 Å². The molecule has 2 atom stereocenters. The van der Waals surface area contributed by atoms with Crippen LogP contribution in [0.2, 0.25) is 0 Å². The van der Waals surface area contributed by atoms with Gasteiger partial charge < -0.3 is 11.1 Å². The van der Waals surface area contributed by atoms with Gasteiger partial charge in [0, 0.05) is 18.8 Å². The highest BCUT2D eigenvalue weighted by Gasteiger charge is 2.32. The van der Waals surface area contributed by atoms with Crippen LogP contribution in [0.15, 0.2) is 0 Å². The van der Waals surface area contributed by atoms with Crippen molar-refractivity contribution < 1.29 is 14.4 Å². The number of carbonyl (C=O) groups is 3. The number of Topliss-reactive ketones (excluding diaryl/α,β-unsaturated/α-hetero) is 1. The van der Waals surface area contributed by atoms with Gasteiger partial charge in [0.2, 0.25) is 11.8 Å². The van der Waals surface area contributed by atoms with Gasteiger partial charge in [-0.15, -0.1) is 0 Å². The Labute approximate surface area is 101 Å². The standard InChI is InChI=1S/C12H20N2O3/c1-7(2)12(17)14-10(11(13)16)8-4-3-5-9(15)6-8/h7-8,10H,3-6H2,1-2H3,(H2,13,16)(H,14,17)/t8-,10+/m0/s1. The average molecular weight is 240 g/mol. The number of hydrogen-bond donors (Lipinski definition) is 2. The fraction of sp³-hybridized carbons (Fsp3) is 0.750. The van der Waals surface area contributed by atoms with E-state index in [0.29, 0.717) is 12.8 Å². The van der Waals surface area contributed by atoms with E-state index in [2.05, 4.69) is 5.32 Å². The topological polar surface area (TPSA) is 89.3 Å². The minimum Gasteiger partial charge on any atom is -0.368 e. The van der Waals surface area contributed by atoms with Gasteiger partial charge in [0.1, 0.15) is 11.8 Å². The Bertz CT molecular complexity index is 326. The molecule has 96 valence electrons. The van der Waals surface area contributed by atoms with E-state index in [1.54, 1.807) is 13.8 Å². The molecule has 0 aliphatic heterocycles. The molecule has 0 aromatic rings. The predicted molar refractivity (Wildman–Crippen MR) is 62.9 cm³/mol. The summed E-state index contributed by atoms with van der Waals surface area (Å²) in [5, 5.41) is 2.64. The quantitative estimate of drug-likeness (QED) is 0.744. The summed E-state index contributed by atoms with van der Waals surface area (Å²) in [6, 6.07) is -0.714. The SMILES string of the molecule is CC(C)C(=O)N[C@@H](C(N)=O)[C@H]1CCCC(=O)C1. The van der Waals surface area contributed by atoms with Crippen LogP contribution in [0.5, 0.6) is 0 Å². The molecule has 0 aromatic heterocycles. The van der Waals surface area contributed by atoms with Crippen LogP contribution in [-0.4, -0.2) is 23.6 Å². The third-order valence-electron chi connectivity index (χ3n) is 3.12. The second-order valence-corrected chi connectivity index (χ2v) is 4.94. The van der Waals surface area contributed by atoms with Gasteiger partial charge in [-0.25, -0.2) is 0 Å². The molecule has 1 rings (SSSR count). The summed E-state index contributed by atoms with van der Waals surface area (Å²) in [4.78, 5) is 34.3. The van der Waals surface area contributed by atoms with Crippen LogP contribution in [0.3, 0.4) is 0 Å². The first-order chi connectivity index (χ1) is 7.91. The van der Waals surface area contributed by atoms with Crippen molar-refractivity contribution in [2.45, 2.75) is 45.6 Å². The zero-order chi connectivity index (χ0) is 13.0. The van der Waals surface area contributed by atoms with E-state index in [0.717, 1.165) is 12.8 Å². The highest BCUT2D eigenvalue weighted by Crippen LogP contribution is 2.24. The number of carbonyl (C=O) groups excluding carboxylic acids is 3. The normalized spacial score (nSPS) is 22.3. The van der Waals surface area contributed by atoms with Crippen LogP contribution in [-0.2, 0) is 14.4 Å². The first-order valence-electron chi connectivity index (χ1n) is 6.03. The van der Waals surface area contributed by atoms with E-state index in [9.17, 15) is 14.4 Å². The maximum absolute atomic E-state index is 11.6. The van der Waals surface area contributed by atoms with Crippen molar-refractivity contribution in [1.82, 2.24) is 5.32 Å². The summed E-state index contributed by atoms with van der Waals surface area (Å²) in [6.45, 7) is 3.50. The van der Waals surface area contributed by atoms with Crippen LogP contribution in [0, 0.1) is 11.8 Å². The Balaban J connectivity index is 2.68.